The Kier molecular flexibility index (Phi) is 6.51. The van der Waals surface area contributed by atoms with Crippen molar-refractivity contribution < 1.29 is 9.59 Å². The van der Waals surface area contributed by atoms with Gasteiger partial charge in [-0.2, -0.15) is 5.10 Å². The van der Waals surface area contributed by atoms with E-state index in [0.29, 0.717) is 37.4 Å². The van der Waals surface area contributed by atoms with Crippen LogP contribution < -0.4 is 16.2 Å². The second kappa shape index (κ2) is 9.65. The lowest BCUT2D eigenvalue weighted by atomic mass is 10.1. The maximum absolute atomic E-state index is 12.6. The Morgan fingerprint density at radius 3 is 2.53 bits per heavy atom. The fraction of sp³-hybridized carbons (Fsp3) is 0.217. The zero-order valence-corrected chi connectivity index (χ0v) is 18.0. The Balaban J connectivity index is 1.39. The summed E-state index contributed by atoms with van der Waals surface area (Å²) in [7, 11) is 0. The lowest BCUT2D eigenvalue weighted by molar-refractivity contribution is -0.123. The van der Waals surface area contributed by atoms with E-state index in [1.807, 2.05) is 42.5 Å². The molecule has 4 rings (SSSR count). The van der Waals surface area contributed by atoms with Crippen LogP contribution in [-0.4, -0.2) is 46.1 Å². The molecule has 0 atom stereocenters. The van der Waals surface area contributed by atoms with Gasteiger partial charge < -0.3 is 15.5 Å². The second-order valence-corrected chi connectivity index (χ2v) is 7.83. The molecule has 2 heterocycles. The molecule has 9 heteroatoms. The van der Waals surface area contributed by atoms with Crippen LogP contribution in [0, 0.1) is 0 Å². The van der Waals surface area contributed by atoms with Gasteiger partial charge >= 0.3 is 0 Å². The molecule has 0 radical (unpaired) electrons. The van der Waals surface area contributed by atoms with Crippen molar-refractivity contribution in [3.8, 4) is 0 Å². The lowest BCUT2D eigenvalue weighted by Gasteiger charge is -2.26. The van der Waals surface area contributed by atoms with Crippen molar-refractivity contribution >= 4 is 29.1 Å². The highest BCUT2D eigenvalue weighted by Crippen LogP contribution is 2.17. The third-order valence-electron chi connectivity index (χ3n) is 5.17. The number of rotatable bonds is 6. The van der Waals surface area contributed by atoms with Gasteiger partial charge in [0.15, 0.2) is 0 Å². The summed E-state index contributed by atoms with van der Waals surface area (Å²) in [5, 5.41) is 10.1. The van der Waals surface area contributed by atoms with Crippen LogP contribution in [-0.2, 0) is 17.9 Å². The minimum absolute atomic E-state index is 0.0729. The van der Waals surface area contributed by atoms with Gasteiger partial charge in [0.2, 0.25) is 5.91 Å². The van der Waals surface area contributed by atoms with Crippen LogP contribution in [0.1, 0.15) is 21.5 Å². The molecule has 8 nitrogen and oxygen atoms in total. The average molecular weight is 452 g/mol. The molecule has 0 unspecified atom stereocenters. The van der Waals surface area contributed by atoms with Crippen LogP contribution in [0.5, 0.6) is 0 Å². The molecule has 0 spiro atoms. The molecule has 0 bridgehead atoms. The molecule has 164 valence electrons. The maximum atomic E-state index is 12.6. The van der Waals surface area contributed by atoms with E-state index in [0.717, 1.165) is 11.1 Å². The predicted octanol–water partition coefficient (Wildman–Crippen LogP) is 2.13. The van der Waals surface area contributed by atoms with E-state index >= 15 is 0 Å². The summed E-state index contributed by atoms with van der Waals surface area (Å²) in [5.74, 6) is -0.324. The third kappa shape index (κ3) is 4.97. The first kappa shape index (κ1) is 21.6. The Hall–Kier alpha value is -3.65. The average Bonchev–Trinajstić information content (AvgIpc) is 2.82. The number of amides is 2. The van der Waals surface area contributed by atoms with Gasteiger partial charge in [0, 0.05) is 25.2 Å². The summed E-state index contributed by atoms with van der Waals surface area (Å²) in [6, 6.07) is 16.6. The third-order valence-corrected chi connectivity index (χ3v) is 5.53. The summed E-state index contributed by atoms with van der Waals surface area (Å²) in [6.07, 6.45) is 1.53. The molecule has 32 heavy (non-hydrogen) atoms. The zero-order valence-electron chi connectivity index (χ0n) is 17.3. The molecule has 2 N–H and O–H groups in total. The summed E-state index contributed by atoms with van der Waals surface area (Å²) in [5.41, 5.74) is 2.46. The normalized spacial score (nSPS) is 13.5. The number of aromatic nitrogens is 2. The van der Waals surface area contributed by atoms with Gasteiger partial charge in [0.05, 0.1) is 25.0 Å². The first-order valence-electron chi connectivity index (χ1n) is 10.2. The van der Waals surface area contributed by atoms with Crippen LogP contribution >= 0.6 is 11.6 Å². The van der Waals surface area contributed by atoms with Crippen molar-refractivity contribution in [2.75, 3.05) is 25.0 Å². The summed E-state index contributed by atoms with van der Waals surface area (Å²) < 4.78 is 1.32. The number of carbonyl (C=O) groups excluding carboxylic acids is 2. The Morgan fingerprint density at radius 1 is 1.06 bits per heavy atom. The van der Waals surface area contributed by atoms with E-state index in [2.05, 4.69) is 15.7 Å². The topological polar surface area (TPSA) is 96.3 Å². The van der Waals surface area contributed by atoms with Crippen LogP contribution in [0.15, 0.2) is 65.6 Å². The van der Waals surface area contributed by atoms with Crippen molar-refractivity contribution in [3.63, 3.8) is 0 Å². The summed E-state index contributed by atoms with van der Waals surface area (Å²) in [4.78, 5) is 38.1. The summed E-state index contributed by atoms with van der Waals surface area (Å²) >= 11 is 6.28. The molecule has 1 saturated heterocycles. The van der Waals surface area contributed by atoms with Gasteiger partial charge in [-0.25, -0.2) is 4.68 Å². The number of hydrogen-bond acceptors (Lipinski definition) is 5. The molecule has 0 saturated carbocycles. The number of carbonyl (C=O) groups is 2. The quantitative estimate of drug-likeness (QED) is 0.598. The van der Waals surface area contributed by atoms with Crippen molar-refractivity contribution in [2.45, 2.75) is 13.1 Å². The van der Waals surface area contributed by atoms with E-state index in [-0.39, 0.29) is 28.9 Å². The molecule has 0 aliphatic carbocycles. The minimum atomic E-state index is -0.368. The van der Waals surface area contributed by atoms with Gasteiger partial charge in [-0.3, -0.25) is 14.4 Å². The fourth-order valence-electron chi connectivity index (χ4n) is 3.41. The van der Waals surface area contributed by atoms with Crippen LogP contribution in [0.3, 0.4) is 0 Å². The molecular weight excluding hydrogens is 430 g/mol. The van der Waals surface area contributed by atoms with Crippen molar-refractivity contribution in [1.29, 1.82) is 0 Å². The monoisotopic (exact) mass is 451 g/mol. The molecule has 1 aliphatic rings. The Labute approximate surface area is 189 Å². The highest BCUT2D eigenvalue weighted by Gasteiger charge is 2.22. The van der Waals surface area contributed by atoms with E-state index in [1.165, 1.54) is 15.8 Å². The number of nitrogens with one attached hydrogen (secondary N) is 2. The molecule has 3 aromatic rings. The highest BCUT2D eigenvalue weighted by molar-refractivity contribution is 6.32. The molecule has 2 amide bonds. The van der Waals surface area contributed by atoms with E-state index in [9.17, 15) is 14.4 Å². The largest absolute Gasteiger partial charge is 0.378 e. The van der Waals surface area contributed by atoms with Crippen LogP contribution in [0.2, 0.25) is 5.02 Å². The Bertz CT molecular complexity index is 1180. The van der Waals surface area contributed by atoms with Crippen LogP contribution in [0.25, 0.3) is 0 Å². The van der Waals surface area contributed by atoms with Crippen molar-refractivity contribution in [3.05, 3.63) is 92.9 Å². The molecular formula is C23H22ClN5O3. The smallest absolute Gasteiger partial charge is 0.287 e. The minimum Gasteiger partial charge on any atom is -0.378 e. The standard InChI is InChI=1S/C23H22ClN5O3/c24-21-19(13-27-29(23(21)32)14-17-4-2-1-3-5-17)26-12-16-6-8-18(9-7-16)22(31)28-11-10-25-20(30)15-28/h1-9,13,26H,10-12,14-15H2,(H,25,30). The first-order chi connectivity index (χ1) is 15.5. The number of piperazine rings is 1. The second-order valence-electron chi connectivity index (χ2n) is 7.45. The van der Waals surface area contributed by atoms with E-state index < -0.39 is 0 Å². The summed E-state index contributed by atoms with van der Waals surface area (Å²) in [6.45, 7) is 1.78. The maximum Gasteiger partial charge on any atom is 0.287 e. The van der Waals surface area contributed by atoms with E-state index in [1.54, 1.807) is 12.1 Å². The first-order valence-corrected chi connectivity index (χ1v) is 10.6. The predicted molar refractivity (Wildman–Crippen MR) is 122 cm³/mol. The fourth-order valence-corrected chi connectivity index (χ4v) is 3.63. The Morgan fingerprint density at radius 2 is 1.81 bits per heavy atom. The number of hydrogen-bond donors (Lipinski definition) is 2. The van der Waals surface area contributed by atoms with Gasteiger partial charge in [0.1, 0.15) is 5.02 Å². The molecule has 1 aliphatic heterocycles. The van der Waals surface area contributed by atoms with Crippen LogP contribution in [0.4, 0.5) is 5.69 Å². The number of halogens is 1. The van der Waals surface area contributed by atoms with Crippen molar-refractivity contribution in [1.82, 2.24) is 20.0 Å². The number of anilines is 1. The van der Waals surface area contributed by atoms with E-state index in [4.69, 9.17) is 11.6 Å². The number of nitrogens with zero attached hydrogens (tertiary/aromatic N) is 3. The van der Waals surface area contributed by atoms with Gasteiger partial charge in [-0.05, 0) is 23.3 Å². The lowest BCUT2D eigenvalue weighted by Crippen LogP contribution is -2.49. The van der Waals surface area contributed by atoms with Gasteiger partial charge in [-0.1, -0.05) is 54.1 Å². The highest BCUT2D eigenvalue weighted by atomic mass is 35.5. The zero-order chi connectivity index (χ0) is 22.5. The molecule has 2 aromatic carbocycles. The number of benzene rings is 2. The van der Waals surface area contributed by atoms with Gasteiger partial charge in [0.25, 0.3) is 11.5 Å². The van der Waals surface area contributed by atoms with Crippen molar-refractivity contribution in [2.24, 2.45) is 0 Å². The molecule has 1 aromatic heterocycles. The van der Waals surface area contributed by atoms with Gasteiger partial charge in [-0.15, -0.1) is 0 Å². The SMILES string of the molecule is O=C1CN(C(=O)c2ccc(CNc3cnn(Cc4ccccc4)c(=O)c3Cl)cc2)CCN1. The molecule has 1 fully saturated rings.